The fourth-order valence-corrected chi connectivity index (χ4v) is 1.69. The summed E-state index contributed by atoms with van der Waals surface area (Å²) in [5.74, 6) is -1.35. The minimum Gasteiger partial charge on any atom is -0.302 e. The van der Waals surface area contributed by atoms with E-state index in [9.17, 15) is 4.57 Å². The Hall–Kier alpha value is -0.100. The van der Waals surface area contributed by atoms with Crippen molar-refractivity contribution in [2.75, 3.05) is 0 Å². The van der Waals surface area contributed by atoms with Crippen molar-refractivity contribution in [2.24, 2.45) is 17.2 Å². The largest absolute Gasteiger partial charge is 0.702 e. The number of nitrogens with two attached hydrogens (primary N) is 3. The van der Waals surface area contributed by atoms with Crippen molar-refractivity contribution in [3.63, 3.8) is 0 Å². The SMILES string of the molecule is NC1CCCC(N)(N)O[P+](=O)O1. The van der Waals surface area contributed by atoms with E-state index >= 15 is 0 Å². The van der Waals surface area contributed by atoms with Crippen LogP contribution in [0.1, 0.15) is 19.3 Å². The molecule has 1 saturated heterocycles. The van der Waals surface area contributed by atoms with E-state index in [0.29, 0.717) is 19.3 Å². The zero-order valence-electron chi connectivity index (χ0n) is 6.60. The van der Waals surface area contributed by atoms with E-state index in [1.165, 1.54) is 0 Å². The van der Waals surface area contributed by atoms with Gasteiger partial charge in [0, 0.05) is 11.0 Å². The van der Waals surface area contributed by atoms with Crippen LogP contribution in [-0.2, 0) is 13.6 Å². The molecule has 6 nitrogen and oxygen atoms in total. The summed E-state index contributed by atoms with van der Waals surface area (Å²) in [4.78, 5) is 0. The van der Waals surface area contributed by atoms with E-state index in [2.05, 4.69) is 0 Å². The number of hydrogen-bond donors (Lipinski definition) is 3. The lowest BCUT2D eigenvalue weighted by Gasteiger charge is -2.19. The van der Waals surface area contributed by atoms with Gasteiger partial charge >= 0.3 is 8.25 Å². The van der Waals surface area contributed by atoms with Gasteiger partial charge in [-0.25, -0.2) is 0 Å². The summed E-state index contributed by atoms with van der Waals surface area (Å²) in [5.41, 5.74) is 16.3. The maximum Gasteiger partial charge on any atom is 0.702 e. The van der Waals surface area contributed by atoms with Crippen LogP contribution in [0.15, 0.2) is 0 Å². The molecule has 2 atom stereocenters. The predicted molar refractivity (Wildman–Crippen MR) is 42.7 cm³/mol. The van der Waals surface area contributed by atoms with Gasteiger partial charge in [-0.3, -0.25) is 11.5 Å². The molecule has 0 spiro atoms. The smallest absolute Gasteiger partial charge is 0.302 e. The molecule has 70 valence electrons. The topological polar surface area (TPSA) is 114 Å². The Bertz CT molecular complexity index is 187. The Balaban J connectivity index is 2.54. The first kappa shape index (κ1) is 9.98. The number of hydrogen-bond acceptors (Lipinski definition) is 6. The fraction of sp³-hybridized carbons (Fsp3) is 1.00. The van der Waals surface area contributed by atoms with Gasteiger partial charge in [-0.15, -0.1) is 4.52 Å². The average Bonchev–Trinajstić information content (AvgIpc) is 1.81. The van der Waals surface area contributed by atoms with E-state index < -0.39 is 20.3 Å². The molecule has 0 saturated carbocycles. The molecule has 1 heterocycles. The Morgan fingerprint density at radius 2 is 2.17 bits per heavy atom. The highest BCUT2D eigenvalue weighted by Gasteiger charge is 2.38. The molecule has 1 rings (SSSR count). The van der Waals surface area contributed by atoms with E-state index in [1.54, 1.807) is 0 Å². The quantitative estimate of drug-likeness (QED) is 0.361. The third kappa shape index (κ3) is 3.10. The molecule has 0 aliphatic carbocycles. The summed E-state index contributed by atoms with van der Waals surface area (Å²) in [6, 6.07) is 0. The molecule has 0 aromatic rings. The molecule has 1 aliphatic heterocycles. The Labute approximate surface area is 71.3 Å². The van der Waals surface area contributed by atoms with Crippen LogP contribution in [0.5, 0.6) is 0 Å². The molecule has 0 radical (unpaired) electrons. The van der Waals surface area contributed by atoms with Gasteiger partial charge in [-0.2, -0.15) is 0 Å². The lowest BCUT2D eigenvalue weighted by atomic mass is 10.2. The molecule has 0 bridgehead atoms. The van der Waals surface area contributed by atoms with Crippen molar-refractivity contribution in [1.29, 1.82) is 0 Å². The van der Waals surface area contributed by atoms with Crippen molar-refractivity contribution in [3.8, 4) is 0 Å². The summed E-state index contributed by atoms with van der Waals surface area (Å²) in [5, 5.41) is 0. The molecule has 0 aromatic carbocycles. The van der Waals surface area contributed by atoms with Crippen LogP contribution < -0.4 is 17.2 Å². The van der Waals surface area contributed by atoms with Gasteiger partial charge in [-0.1, -0.05) is 4.52 Å². The van der Waals surface area contributed by atoms with Gasteiger partial charge in [0.05, 0.1) is 0 Å². The first-order chi connectivity index (χ1) is 5.49. The Morgan fingerprint density at radius 1 is 1.50 bits per heavy atom. The fourth-order valence-electron chi connectivity index (χ4n) is 0.949. The molecule has 1 aliphatic rings. The first-order valence-electron chi connectivity index (χ1n) is 3.66. The average molecular weight is 194 g/mol. The lowest BCUT2D eigenvalue weighted by molar-refractivity contribution is 0.0276. The third-order valence-electron chi connectivity index (χ3n) is 1.52. The van der Waals surface area contributed by atoms with Gasteiger partial charge < -0.3 is 5.73 Å². The predicted octanol–water partition coefficient (Wildman–Crippen LogP) is -0.283. The maximum absolute atomic E-state index is 10.9. The van der Waals surface area contributed by atoms with Gasteiger partial charge in [0.1, 0.15) is 0 Å². The summed E-state index contributed by atoms with van der Waals surface area (Å²) in [6.07, 6.45) is 1.15. The van der Waals surface area contributed by atoms with Crippen LogP contribution in [0.4, 0.5) is 0 Å². The zero-order chi connectivity index (χ0) is 9.19. The lowest BCUT2D eigenvalue weighted by Crippen LogP contribution is -2.51. The second-order valence-electron chi connectivity index (χ2n) is 2.81. The first-order valence-corrected chi connectivity index (χ1v) is 4.76. The standard InChI is InChI=1S/C5H13N3O3P/c6-4-2-1-3-5(7,8)11-12(9)10-4/h4H,1-3,6-8H2/q+1. The van der Waals surface area contributed by atoms with Crippen LogP contribution in [-0.4, -0.2) is 12.1 Å². The molecule has 1 fully saturated rings. The highest BCUT2D eigenvalue weighted by molar-refractivity contribution is 7.33. The molecular weight excluding hydrogens is 181 g/mol. The second kappa shape index (κ2) is 3.74. The highest BCUT2D eigenvalue weighted by atomic mass is 31.1. The van der Waals surface area contributed by atoms with Crippen molar-refractivity contribution in [2.45, 2.75) is 31.3 Å². The minimum absolute atomic E-state index is 0.422. The van der Waals surface area contributed by atoms with Gasteiger partial charge in [0.25, 0.3) is 0 Å². The molecule has 12 heavy (non-hydrogen) atoms. The summed E-state index contributed by atoms with van der Waals surface area (Å²) >= 11 is 0. The summed E-state index contributed by atoms with van der Waals surface area (Å²) < 4.78 is 20.4. The van der Waals surface area contributed by atoms with Crippen molar-refractivity contribution in [3.05, 3.63) is 0 Å². The van der Waals surface area contributed by atoms with Crippen molar-refractivity contribution >= 4 is 8.25 Å². The van der Waals surface area contributed by atoms with Crippen molar-refractivity contribution in [1.82, 2.24) is 0 Å². The maximum atomic E-state index is 10.9. The van der Waals surface area contributed by atoms with Crippen molar-refractivity contribution < 1.29 is 13.6 Å². The van der Waals surface area contributed by atoms with Gasteiger partial charge in [0.2, 0.25) is 5.85 Å². The summed E-state index contributed by atoms with van der Waals surface area (Å²) in [7, 11) is -2.29. The molecule has 0 aromatic heterocycles. The van der Waals surface area contributed by atoms with Crippen LogP contribution in [0.2, 0.25) is 0 Å². The van der Waals surface area contributed by atoms with Crippen LogP contribution in [0, 0.1) is 0 Å². The van der Waals surface area contributed by atoms with E-state index in [4.69, 9.17) is 26.2 Å². The van der Waals surface area contributed by atoms with E-state index in [1.807, 2.05) is 0 Å². The molecule has 0 amide bonds. The molecule has 2 unspecified atom stereocenters. The molecule has 6 N–H and O–H groups in total. The Morgan fingerprint density at radius 3 is 2.83 bits per heavy atom. The zero-order valence-corrected chi connectivity index (χ0v) is 7.50. The monoisotopic (exact) mass is 194 g/mol. The number of rotatable bonds is 0. The van der Waals surface area contributed by atoms with Crippen LogP contribution >= 0.6 is 8.25 Å². The molecule has 7 heteroatoms. The normalized spacial score (nSPS) is 33.9. The van der Waals surface area contributed by atoms with Crippen LogP contribution in [0.3, 0.4) is 0 Å². The second-order valence-corrected chi connectivity index (χ2v) is 3.65. The minimum atomic E-state index is -2.29. The highest BCUT2D eigenvalue weighted by Crippen LogP contribution is 2.33. The van der Waals surface area contributed by atoms with Gasteiger partial charge in [0.15, 0.2) is 6.23 Å². The van der Waals surface area contributed by atoms with Crippen LogP contribution in [0.25, 0.3) is 0 Å². The summed E-state index contributed by atoms with van der Waals surface area (Å²) in [6.45, 7) is 0. The van der Waals surface area contributed by atoms with E-state index in [-0.39, 0.29) is 0 Å². The molecular formula is C5H13N3O3P+. The Kier molecular flexibility index (Phi) is 3.11. The van der Waals surface area contributed by atoms with Gasteiger partial charge in [-0.05, 0) is 12.8 Å². The third-order valence-corrected chi connectivity index (χ3v) is 2.45. The van der Waals surface area contributed by atoms with E-state index in [0.717, 1.165) is 0 Å².